The second-order valence-corrected chi connectivity index (χ2v) is 6.06. The summed E-state index contributed by atoms with van der Waals surface area (Å²) >= 11 is 0. The summed E-state index contributed by atoms with van der Waals surface area (Å²) in [4.78, 5) is 24.6. The Morgan fingerprint density at radius 2 is 1.90 bits per heavy atom. The molecular weight excluding hydrogens is 396 g/mol. The van der Waals surface area contributed by atoms with E-state index in [0.717, 1.165) is 17.5 Å². The van der Waals surface area contributed by atoms with Crippen LogP contribution in [0.3, 0.4) is 0 Å². The molecule has 0 spiro atoms. The Morgan fingerprint density at radius 1 is 1.17 bits per heavy atom. The lowest BCUT2D eigenvalue weighted by molar-refractivity contribution is -0.137. The zero-order valence-corrected chi connectivity index (χ0v) is 15.9. The van der Waals surface area contributed by atoms with Crippen molar-refractivity contribution in [1.82, 2.24) is 9.78 Å². The Labute approximate surface area is 164 Å². The minimum Gasteiger partial charge on any atom is -0.477 e. The SMILES string of the molecule is CCCCOc1cc(C(=O)OCC)n(CC(=O)c2cc(C(F)(F)F)ccc2F)n1. The maximum atomic E-state index is 14.0. The summed E-state index contributed by atoms with van der Waals surface area (Å²) in [5.41, 5.74) is -2.03. The Morgan fingerprint density at radius 3 is 2.52 bits per heavy atom. The van der Waals surface area contributed by atoms with Gasteiger partial charge in [0.15, 0.2) is 11.5 Å². The van der Waals surface area contributed by atoms with Gasteiger partial charge >= 0.3 is 12.1 Å². The maximum Gasteiger partial charge on any atom is 0.416 e. The van der Waals surface area contributed by atoms with E-state index >= 15 is 0 Å². The van der Waals surface area contributed by atoms with E-state index in [9.17, 15) is 27.2 Å². The van der Waals surface area contributed by atoms with Gasteiger partial charge in [-0.1, -0.05) is 13.3 Å². The van der Waals surface area contributed by atoms with E-state index in [0.29, 0.717) is 24.8 Å². The van der Waals surface area contributed by atoms with Crippen LogP contribution in [-0.4, -0.2) is 34.7 Å². The summed E-state index contributed by atoms with van der Waals surface area (Å²) < 4.78 is 63.8. The van der Waals surface area contributed by atoms with Crippen molar-refractivity contribution in [3.8, 4) is 5.88 Å². The van der Waals surface area contributed by atoms with Crippen LogP contribution in [0, 0.1) is 5.82 Å². The summed E-state index contributed by atoms with van der Waals surface area (Å²) in [7, 11) is 0. The van der Waals surface area contributed by atoms with E-state index in [-0.39, 0.29) is 18.2 Å². The van der Waals surface area contributed by atoms with Crippen LogP contribution in [0.25, 0.3) is 0 Å². The average molecular weight is 416 g/mol. The van der Waals surface area contributed by atoms with Gasteiger partial charge in [-0.05, 0) is 31.5 Å². The van der Waals surface area contributed by atoms with E-state index in [1.54, 1.807) is 6.92 Å². The zero-order chi connectivity index (χ0) is 21.6. The third kappa shape index (κ3) is 5.78. The van der Waals surface area contributed by atoms with Gasteiger partial charge in [-0.2, -0.15) is 13.2 Å². The van der Waals surface area contributed by atoms with Crippen LogP contribution in [0.4, 0.5) is 17.6 Å². The molecule has 29 heavy (non-hydrogen) atoms. The molecule has 1 aromatic heterocycles. The molecule has 1 aromatic carbocycles. The summed E-state index contributed by atoms with van der Waals surface area (Å²) in [5.74, 6) is -2.82. The smallest absolute Gasteiger partial charge is 0.416 e. The van der Waals surface area contributed by atoms with Gasteiger partial charge in [0.2, 0.25) is 5.88 Å². The number of aromatic nitrogens is 2. The number of Topliss-reactive ketones (excluding diaryl/α,β-unsaturated/α-hetero) is 1. The average Bonchev–Trinajstić information content (AvgIpc) is 3.04. The highest BCUT2D eigenvalue weighted by Crippen LogP contribution is 2.30. The first-order chi connectivity index (χ1) is 13.7. The highest BCUT2D eigenvalue weighted by atomic mass is 19.4. The molecule has 0 unspecified atom stereocenters. The number of benzene rings is 1. The fourth-order valence-corrected chi connectivity index (χ4v) is 2.41. The van der Waals surface area contributed by atoms with E-state index in [1.165, 1.54) is 6.07 Å². The van der Waals surface area contributed by atoms with Crippen molar-refractivity contribution in [1.29, 1.82) is 0 Å². The number of nitrogens with zero attached hydrogens (tertiary/aromatic N) is 2. The van der Waals surface area contributed by atoms with Gasteiger partial charge in [0.1, 0.15) is 12.4 Å². The number of carbonyl (C=O) groups excluding carboxylic acids is 2. The molecule has 0 bridgehead atoms. The molecule has 0 aliphatic carbocycles. The summed E-state index contributed by atoms with van der Waals surface area (Å²) in [6.45, 7) is 3.26. The van der Waals surface area contributed by atoms with Gasteiger partial charge in [0, 0.05) is 6.07 Å². The molecule has 0 atom stereocenters. The molecule has 10 heteroatoms. The lowest BCUT2D eigenvalue weighted by Crippen LogP contribution is -2.19. The molecule has 158 valence electrons. The van der Waals surface area contributed by atoms with Crippen molar-refractivity contribution in [3.63, 3.8) is 0 Å². The van der Waals surface area contributed by atoms with E-state index in [4.69, 9.17) is 9.47 Å². The number of carbonyl (C=O) groups is 2. The number of esters is 1. The number of rotatable bonds is 9. The first-order valence-electron chi connectivity index (χ1n) is 8.95. The van der Waals surface area contributed by atoms with Crippen molar-refractivity contribution in [3.05, 3.63) is 46.9 Å². The summed E-state index contributed by atoms with van der Waals surface area (Å²) in [6, 6.07) is 2.82. The van der Waals surface area contributed by atoms with Crippen LogP contribution in [-0.2, 0) is 17.5 Å². The van der Waals surface area contributed by atoms with Crippen molar-refractivity contribution in [2.24, 2.45) is 0 Å². The second kappa shape index (κ2) is 9.53. The number of ketones is 1. The minimum absolute atomic E-state index is 0.0545. The number of hydrogen-bond acceptors (Lipinski definition) is 5. The molecule has 0 fully saturated rings. The highest BCUT2D eigenvalue weighted by molar-refractivity contribution is 5.97. The Kier molecular flexibility index (Phi) is 7.35. The van der Waals surface area contributed by atoms with Crippen LogP contribution in [0.2, 0.25) is 0 Å². The van der Waals surface area contributed by atoms with Gasteiger partial charge in [-0.15, -0.1) is 5.10 Å². The van der Waals surface area contributed by atoms with Crippen molar-refractivity contribution in [2.75, 3.05) is 13.2 Å². The summed E-state index contributed by atoms with van der Waals surface area (Å²) in [6.07, 6.45) is -3.14. The third-order valence-electron chi connectivity index (χ3n) is 3.88. The second-order valence-electron chi connectivity index (χ2n) is 6.06. The predicted octanol–water partition coefficient (Wildman–Crippen LogP) is 4.28. The van der Waals surface area contributed by atoms with Crippen LogP contribution in [0.1, 0.15) is 53.1 Å². The molecule has 0 aliphatic heterocycles. The standard InChI is InChI=1S/C19H20F4N2O4/c1-3-5-8-29-17-10-15(18(27)28-4-2)25(24-17)11-16(26)13-9-12(19(21,22)23)6-7-14(13)20/h6-7,9-10H,3-5,8,11H2,1-2H3. The normalized spacial score (nSPS) is 11.4. The molecule has 0 saturated heterocycles. The number of hydrogen-bond donors (Lipinski definition) is 0. The zero-order valence-electron chi connectivity index (χ0n) is 15.9. The van der Waals surface area contributed by atoms with Crippen molar-refractivity contribution in [2.45, 2.75) is 39.4 Å². The van der Waals surface area contributed by atoms with Crippen LogP contribution in [0.5, 0.6) is 5.88 Å². The molecule has 1 heterocycles. The van der Waals surface area contributed by atoms with Gasteiger partial charge in [0.05, 0.1) is 24.3 Å². The highest BCUT2D eigenvalue weighted by Gasteiger charge is 2.32. The molecule has 6 nitrogen and oxygen atoms in total. The lowest BCUT2D eigenvalue weighted by Gasteiger charge is -2.10. The quantitative estimate of drug-likeness (QED) is 0.264. The van der Waals surface area contributed by atoms with Crippen LogP contribution in [0.15, 0.2) is 24.3 Å². The van der Waals surface area contributed by atoms with Crippen LogP contribution >= 0.6 is 0 Å². The Hall–Kier alpha value is -2.91. The largest absolute Gasteiger partial charge is 0.477 e. The minimum atomic E-state index is -4.73. The van der Waals surface area contributed by atoms with Crippen molar-refractivity contribution < 1.29 is 36.6 Å². The lowest BCUT2D eigenvalue weighted by atomic mass is 10.1. The van der Waals surface area contributed by atoms with Crippen molar-refractivity contribution >= 4 is 11.8 Å². The Balaban J connectivity index is 2.32. The fourth-order valence-electron chi connectivity index (χ4n) is 2.41. The van der Waals surface area contributed by atoms with Crippen LogP contribution < -0.4 is 4.74 Å². The molecular formula is C19H20F4N2O4. The Bertz CT molecular complexity index is 878. The number of ether oxygens (including phenoxy) is 2. The first-order valence-corrected chi connectivity index (χ1v) is 8.95. The van der Waals surface area contributed by atoms with Gasteiger partial charge < -0.3 is 9.47 Å². The van der Waals surface area contributed by atoms with E-state index in [2.05, 4.69) is 5.10 Å². The summed E-state index contributed by atoms with van der Waals surface area (Å²) in [5, 5.41) is 3.98. The topological polar surface area (TPSA) is 70.4 Å². The fraction of sp³-hybridized carbons (Fsp3) is 0.421. The van der Waals surface area contributed by atoms with Gasteiger partial charge in [-0.25, -0.2) is 13.9 Å². The predicted molar refractivity (Wildman–Crippen MR) is 94.3 cm³/mol. The molecule has 0 saturated carbocycles. The monoisotopic (exact) mass is 416 g/mol. The molecule has 0 amide bonds. The molecule has 0 N–H and O–H groups in total. The van der Waals surface area contributed by atoms with E-state index < -0.39 is 41.4 Å². The van der Waals surface area contributed by atoms with E-state index in [1.807, 2.05) is 6.92 Å². The molecule has 0 aliphatic rings. The van der Waals surface area contributed by atoms with Gasteiger partial charge in [0.25, 0.3) is 0 Å². The molecule has 2 aromatic rings. The number of alkyl halides is 3. The molecule has 2 rings (SSSR count). The van der Waals surface area contributed by atoms with Gasteiger partial charge in [-0.3, -0.25) is 4.79 Å². The third-order valence-corrected chi connectivity index (χ3v) is 3.88. The number of unbranched alkanes of at least 4 members (excludes halogenated alkanes) is 1. The first kappa shape index (κ1) is 22.4. The maximum absolute atomic E-state index is 14.0. The number of halogens is 4. The molecule has 0 radical (unpaired) electrons.